The molecular weight excluding hydrogens is 583 g/mol. The van der Waals surface area contributed by atoms with E-state index in [1.807, 2.05) is 12.1 Å². The monoisotopic (exact) mass is 607 g/mol. The first-order valence-corrected chi connectivity index (χ1v) is 16.3. The minimum absolute atomic E-state index is 0.420. The largest absolute Gasteiger partial charge is 0.455 e. The second-order valence-corrected chi connectivity index (χ2v) is 12.8. The van der Waals surface area contributed by atoms with Gasteiger partial charge in [0, 0.05) is 37.4 Å². The number of fused-ring (bicyclic) bond motifs is 9. The maximum atomic E-state index is 6.57. The van der Waals surface area contributed by atoms with E-state index in [1.165, 1.54) is 26.2 Å². The number of hydrogen-bond donors (Lipinski definition) is 1. The van der Waals surface area contributed by atoms with Crippen LogP contribution >= 0.6 is 11.3 Å². The van der Waals surface area contributed by atoms with Crippen LogP contribution in [0.1, 0.15) is 22.9 Å². The molecule has 3 heterocycles. The molecule has 0 radical (unpaired) electrons. The second kappa shape index (κ2) is 9.86. The van der Waals surface area contributed by atoms with Gasteiger partial charge in [-0.1, -0.05) is 115 Å². The van der Waals surface area contributed by atoms with Gasteiger partial charge in [-0.15, -0.1) is 11.3 Å². The number of benzene rings is 7. The van der Waals surface area contributed by atoms with Crippen LogP contribution in [0.15, 0.2) is 154 Å². The quantitative estimate of drug-likeness (QED) is 0.217. The van der Waals surface area contributed by atoms with Crippen molar-refractivity contribution in [2.24, 2.45) is 9.98 Å². The summed E-state index contributed by atoms with van der Waals surface area (Å²) in [6.45, 7) is 0. The first-order chi connectivity index (χ1) is 22.8. The Bertz CT molecular complexity index is 2740. The predicted molar refractivity (Wildman–Crippen MR) is 193 cm³/mol. The molecule has 1 aliphatic rings. The maximum Gasteiger partial charge on any atom is 0.169 e. The Morgan fingerprint density at radius 3 is 2.13 bits per heavy atom. The molecule has 0 aliphatic carbocycles. The molecule has 46 heavy (non-hydrogen) atoms. The number of rotatable bonds is 3. The lowest BCUT2D eigenvalue weighted by molar-refractivity contribution is 0.673. The summed E-state index contributed by atoms with van der Waals surface area (Å²) in [5.74, 6) is 1.62. The predicted octanol–water partition coefficient (Wildman–Crippen LogP) is 10.8. The fourth-order valence-corrected chi connectivity index (χ4v) is 8.13. The molecule has 2 aromatic heterocycles. The van der Waals surface area contributed by atoms with E-state index < -0.39 is 6.17 Å². The standard InChI is InChI=1S/C41H25N3OS/c1-2-12-26-22-27(21-20-24(26)10-1)39-42-40(30-17-9-13-25-11-3-4-14-28(25)30)44-41(43-39)33-23-32-29-15-5-7-18-34(29)45-37(32)36-31-16-6-8-19-35(31)46-38(33)36/h1-23,39H,(H,42,43,44). The number of amidine groups is 2. The number of para-hydroxylation sites is 1. The molecule has 0 saturated carbocycles. The summed E-state index contributed by atoms with van der Waals surface area (Å²) >= 11 is 1.78. The van der Waals surface area contributed by atoms with Crippen molar-refractivity contribution in [3.63, 3.8) is 0 Å². The highest BCUT2D eigenvalue weighted by atomic mass is 32.1. The highest BCUT2D eigenvalue weighted by Gasteiger charge is 2.26. The first-order valence-electron chi connectivity index (χ1n) is 15.4. The van der Waals surface area contributed by atoms with Crippen LogP contribution in [-0.4, -0.2) is 11.7 Å². The van der Waals surface area contributed by atoms with Crippen molar-refractivity contribution >= 4 is 86.7 Å². The first kappa shape index (κ1) is 25.5. The third-order valence-electron chi connectivity index (χ3n) is 9.10. The summed E-state index contributed by atoms with van der Waals surface area (Å²) in [5.41, 5.74) is 4.96. The summed E-state index contributed by atoms with van der Waals surface area (Å²) in [7, 11) is 0. The van der Waals surface area contributed by atoms with Gasteiger partial charge < -0.3 is 9.73 Å². The molecule has 4 nitrogen and oxygen atoms in total. The summed E-state index contributed by atoms with van der Waals surface area (Å²) in [5, 5.41) is 12.9. The van der Waals surface area contributed by atoms with Crippen LogP contribution in [0.25, 0.3) is 63.7 Å². The molecule has 7 aromatic carbocycles. The molecule has 0 saturated heterocycles. The summed E-state index contributed by atoms with van der Waals surface area (Å²) < 4.78 is 8.94. The molecule has 1 atom stereocenters. The topological polar surface area (TPSA) is 49.9 Å². The van der Waals surface area contributed by atoms with E-state index in [9.17, 15) is 0 Å². The molecule has 9 aromatic rings. The number of thiophene rings is 1. The minimum Gasteiger partial charge on any atom is -0.455 e. The Morgan fingerprint density at radius 1 is 0.543 bits per heavy atom. The maximum absolute atomic E-state index is 6.57. The molecule has 5 heteroatoms. The van der Waals surface area contributed by atoms with Crippen LogP contribution in [0, 0.1) is 0 Å². The molecular formula is C41H25N3OS. The van der Waals surface area contributed by atoms with E-state index in [1.54, 1.807) is 11.3 Å². The van der Waals surface area contributed by atoms with Crippen LogP contribution in [-0.2, 0) is 0 Å². The molecule has 1 unspecified atom stereocenters. The van der Waals surface area contributed by atoms with Gasteiger partial charge in [0.1, 0.15) is 22.8 Å². The molecule has 0 amide bonds. The smallest absolute Gasteiger partial charge is 0.169 e. The Balaban J connectivity index is 1.26. The van der Waals surface area contributed by atoms with Gasteiger partial charge in [0.25, 0.3) is 0 Å². The van der Waals surface area contributed by atoms with Gasteiger partial charge in [-0.2, -0.15) is 0 Å². The van der Waals surface area contributed by atoms with E-state index in [2.05, 4.69) is 133 Å². The van der Waals surface area contributed by atoms with Crippen molar-refractivity contribution in [2.45, 2.75) is 6.17 Å². The van der Waals surface area contributed by atoms with E-state index in [4.69, 9.17) is 14.4 Å². The Kier molecular flexibility index (Phi) is 5.47. The normalized spacial score (nSPS) is 15.2. The van der Waals surface area contributed by atoms with Crippen LogP contribution in [0.3, 0.4) is 0 Å². The van der Waals surface area contributed by atoms with Crippen molar-refractivity contribution in [3.05, 3.63) is 156 Å². The van der Waals surface area contributed by atoms with E-state index in [0.29, 0.717) is 0 Å². The number of hydrogen-bond acceptors (Lipinski definition) is 5. The van der Waals surface area contributed by atoms with Crippen molar-refractivity contribution in [2.75, 3.05) is 0 Å². The molecule has 0 bridgehead atoms. The molecule has 10 rings (SSSR count). The van der Waals surface area contributed by atoms with Gasteiger partial charge in [0.05, 0.1) is 4.70 Å². The number of aliphatic imine (C=N–C) groups is 2. The van der Waals surface area contributed by atoms with E-state index >= 15 is 0 Å². The van der Waals surface area contributed by atoms with E-state index in [0.717, 1.165) is 65.8 Å². The van der Waals surface area contributed by atoms with Crippen LogP contribution < -0.4 is 5.32 Å². The third kappa shape index (κ3) is 3.85. The molecule has 1 aliphatic heterocycles. The zero-order chi connectivity index (χ0) is 30.2. The molecule has 1 N–H and O–H groups in total. The average molecular weight is 608 g/mol. The Labute approximate surface area is 267 Å². The van der Waals surface area contributed by atoms with Gasteiger partial charge in [-0.05, 0) is 51.4 Å². The van der Waals surface area contributed by atoms with Crippen LogP contribution in [0.5, 0.6) is 0 Å². The van der Waals surface area contributed by atoms with E-state index in [-0.39, 0.29) is 0 Å². The third-order valence-corrected chi connectivity index (χ3v) is 10.3. The lowest BCUT2D eigenvalue weighted by Gasteiger charge is -2.23. The highest BCUT2D eigenvalue weighted by molar-refractivity contribution is 7.26. The molecule has 0 fully saturated rings. The van der Waals surface area contributed by atoms with Gasteiger partial charge in [0.15, 0.2) is 6.17 Å². The zero-order valence-corrected chi connectivity index (χ0v) is 25.4. The fourth-order valence-electron chi connectivity index (χ4n) is 6.91. The van der Waals surface area contributed by atoms with Gasteiger partial charge in [-0.25, -0.2) is 9.98 Å². The van der Waals surface area contributed by atoms with Crippen LogP contribution in [0.4, 0.5) is 0 Å². The zero-order valence-electron chi connectivity index (χ0n) is 24.6. The van der Waals surface area contributed by atoms with Crippen molar-refractivity contribution in [3.8, 4) is 0 Å². The van der Waals surface area contributed by atoms with Gasteiger partial charge in [-0.3, -0.25) is 0 Å². The number of nitrogens with zero attached hydrogens (tertiary/aromatic N) is 2. The SMILES string of the molecule is c1ccc2cc(C3N=C(c4cccc5ccccc45)NC(c4cc5c6ccccc6oc5c5c4sc4ccccc45)=N3)ccc2c1. The van der Waals surface area contributed by atoms with Crippen molar-refractivity contribution in [1.82, 2.24) is 5.32 Å². The van der Waals surface area contributed by atoms with Gasteiger partial charge in [0.2, 0.25) is 0 Å². The van der Waals surface area contributed by atoms with Crippen molar-refractivity contribution < 1.29 is 4.42 Å². The van der Waals surface area contributed by atoms with Crippen molar-refractivity contribution in [1.29, 1.82) is 0 Å². The number of furan rings is 1. The summed E-state index contributed by atoms with van der Waals surface area (Å²) in [4.78, 5) is 10.7. The Hall–Kier alpha value is -5.78. The summed E-state index contributed by atoms with van der Waals surface area (Å²) in [6.07, 6.45) is -0.420. The molecule has 0 spiro atoms. The van der Waals surface area contributed by atoms with Crippen LogP contribution in [0.2, 0.25) is 0 Å². The van der Waals surface area contributed by atoms with Gasteiger partial charge >= 0.3 is 0 Å². The fraction of sp³-hybridized carbons (Fsp3) is 0.0244. The summed E-state index contributed by atoms with van der Waals surface area (Å²) in [6, 6.07) is 49.0. The minimum atomic E-state index is -0.420. The molecule has 216 valence electrons. The number of nitrogens with one attached hydrogen (secondary N) is 1. The lowest BCUT2D eigenvalue weighted by atomic mass is 10.0. The highest BCUT2D eigenvalue weighted by Crippen LogP contribution is 2.44. The Morgan fingerprint density at radius 2 is 1.24 bits per heavy atom. The lowest BCUT2D eigenvalue weighted by Crippen LogP contribution is -2.36. The second-order valence-electron chi connectivity index (χ2n) is 11.8. The average Bonchev–Trinajstić information content (AvgIpc) is 3.69.